The fourth-order valence-corrected chi connectivity index (χ4v) is 1.54. The van der Waals surface area contributed by atoms with Gasteiger partial charge in [0.15, 0.2) is 5.69 Å². The van der Waals surface area contributed by atoms with Crippen LogP contribution in [0, 0.1) is 6.92 Å². The fraction of sp³-hybridized carbons (Fsp3) is 0.286. The summed E-state index contributed by atoms with van der Waals surface area (Å²) in [5, 5.41) is 16.1. The van der Waals surface area contributed by atoms with Gasteiger partial charge in [0.25, 0.3) is 0 Å². The van der Waals surface area contributed by atoms with E-state index in [4.69, 9.17) is 5.11 Å². The zero-order valence-electron chi connectivity index (χ0n) is 7.78. The second kappa shape index (κ2) is 3.73. The minimum Gasteiger partial charge on any atom is -0.476 e. The minimum absolute atomic E-state index is 0.0295. The lowest BCUT2D eigenvalue weighted by Crippen LogP contribution is -2.05. The zero-order valence-corrected chi connectivity index (χ0v) is 8.60. The molecule has 2 rings (SSSR count). The second-order valence-electron chi connectivity index (χ2n) is 2.89. The zero-order chi connectivity index (χ0) is 10.8. The molecule has 8 heteroatoms. The van der Waals surface area contributed by atoms with Crippen LogP contribution in [0.25, 0.3) is 0 Å². The smallest absolute Gasteiger partial charge is 0.358 e. The van der Waals surface area contributed by atoms with Gasteiger partial charge in [-0.1, -0.05) is 5.21 Å². The SMILES string of the molecule is Cc1c(C(=O)O)nnn1Cc1cnsn1. The summed E-state index contributed by atoms with van der Waals surface area (Å²) in [7, 11) is 0. The molecule has 2 aromatic rings. The summed E-state index contributed by atoms with van der Waals surface area (Å²) < 4.78 is 9.33. The fourth-order valence-electron chi connectivity index (χ4n) is 1.12. The number of aromatic carboxylic acids is 1. The monoisotopic (exact) mass is 225 g/mol. The van der Waals surface area contributed by atoms with Gasteiger partial charge in [0.2, 0.25) is 0 Å². The van der Waals surface area contributed by atoms with Crippen LogP contribution in [0.4, 0.5) is 0 Å². The topological polar surface area (TPSA) is 93.8 Å². The van der Waals surface area contributed by atoms with Crippen LogP contribution in [0.3, 0.4) is 0 Å². The highest BCUT2D eigenvalue weighted by Crippen LogP contribution is 2.06. The predicted octanol–water partition coefficient (Wildman–Crippen LogP) is 0.185. The molecule has 15 heavy (non-hydrogen) atoms. The lowest BCUT2D eigenvalue weighted by Gasteiger charge is -1.98. The quantitative estimate of drug-likeness (QED) is 0.801. The Morgan fingerprint density at radius 2 is 2.47 bits per heavy atom. The average Bonchev–Trinajstić information content (AvgIpc) is 2.78. The van der Waals surface area contributed by atoms with Crippen molar-refractivity contribution in [1.82, 2.24) is 23.7 Å². The summed E-state index contributed by atoms with van der Waals surface area (Å²) in [5.74, 6) is -1.07. The van der Waals surface area contributed by atoms with E-state index in [1.807, 2.05) is 0 Å². The maximum Gasteiger partial charge on any atom is 0.358 e. The Balaban J connectivity index is 2.27. The molecule has 0 aliphatic heterocycles. The van der Waals surface area contributed by atoms with Gasteiger partial charge in [-0.25, -0.2) is 9.48 Å². The van der Waals surface area contributed by atoms with E-state index in [9.17, 15) is 4.79 Å². The van der Waals surface area contributed by atoms with E-state index in [1.54, 1.807) is 13.1 Å². The van der Waals surface area contributed by atoms with E-state index in [1.165, 1.54) is 4.68 Å². The van der Waals surface area contributed by atoms with Crippen LogP contribution < -0.4 is 0 Å². The van der Waals surface area contributed by atoms with Gasteiger partial charge >= 0.3 is 5.97 Å². The molecule has 0 aliphatic carbocycles. The van der Waals surface area contributed by atoms with Gasteiger partial charge < -0.3 is 5.11 Å². The third kappa shape index (κ3) is 1.84. The molecule has 0 radical (unpaired) electrons. The highest BCUT2D eigenvalue weighted by molar-refractivity contribution is 6.99. The van der Waals surface area contributed by atoms with Crippen LogP contribution in [0.2, 0.25) is 0 Å². The Bertz CT molecular complexity index is 478. The van der Waals surface area contributed by atoms with Crippen molar-refractivity contribution in [2.75, 3.05) is 0 Å². The minimum atomic E-state index is -1.07. The van der Waals surface area contributed by atoms with E-state index < -0.39 is 5.97 Å². The molecule has 0 aromatic carbocycles. The molecule has 0 amide bonds. The average molecular weight is 225 g/mol. The summed E-state index contributed by atoms with van der Waals surface area (Å²) in [6.45, 7) is 2.05. The van der Waals surface area contributed by atoms with Crippen LogP contribution in [0.15, 0.2) is 6.20 Å². The van der Waals surface area contributed by atoms with E-state index in [0.29, 0.717) is 12.2 Å². The highest BCUT2D eigenvalue weighted by atomic mass is 32.1. The maximum absolute atomic E-state index is 10.7. The van der Waals surface area contributed by atoms with Crippen molar-refractivity contribution in [3.05, 3.63) is 23.3 Å². The highest BCUT2D eigenvalue weighted by Gasteiger charge is 2.15. The normalized spacial score (nSPS) is 10.5. The third-order valence-electron chi connectivity index (χ3n) is 1.90. The molecule has 0 atom stereocenters. The summed E-state index contributed by atoms with van der Waals surface area (Å²) in [6.07, 6.45) is 1.62. The van der Waals surface area contributed by atoms with Crippen molar-refractivity contribution >= 4 is 17.7 Å². The van der Waals surface area contributed by atoms with Crippen molar-refractivity contribution in [2.24, 2.45) is 0 Å². The molecule has 0 unspecified atom stereocenters. The predicted molar refractivity (Wildman–Crippen MR) is 50.7 cm³/mol. The first-order chi connectivity index (χ1) is 7.18. The van der Waals surface area contributed by atoms with Crippen molar-refractivity contribution in [3.63, 3.8) is 0 Å². The van der Waals surface area contributed by atoms with Crippen molar-refractivity contribution in [3.8, 4) is 0 Å². The van der Waals surface area contributed by atoms with Gasteiger partial charge in [-0.2, -0.15) is 8.75 Å². The number of hydrogen-bond donors (Lipinski definition) is 1. The number of carbonyl (C=O) groups is 1. The van der Waals surface area contributed by atoms with Gasteiger partial charge in [0.1, 0.15) is 0 Å². The van der Waals surface area contributed by atoms with E-state index >= 15 is 0 Å². The first-order valence-electron chi connectivity index (χ1n) is 4.08. The Morgan fingerprint density at radius 1 is 1.67 bits per heavy atom. The molecule has 0 saturated carbocycles. The van der Waals surface area contributed by atoms with Crippen LogP contribution in [-0.2, 0) is 6.54 Å². The number of carboxylic acid groups (broad SMARTS) is 1. The third-order valence-corrected chi connectivity index (χ3v) is 2.42. The van der Waals surface area contributed by atoms with E-state index in [2.05, 4.69) is 19.1 Å². The summed E-state index contributed by atoms with van der Waals surface area (Å²) in [6, 6.07) is 0. The summed E-state index contributed by atoms with van der Waals surface area (Å²) in [5.41, 5.74) is 1.22. The molecule has 0 spiro atoms. The molecule has 0 bridgehead atoms. The molecular weight excluding hydrogens is 218 g/mol. The summed E-state index contributed by atoms with van der Waals surface area (Å²) >= 11 is 1.10. The molecule has 2 heterocycles. The van der Waals surface area contributed by atoms with Crippen LogP contribution in [0.1, 0.15) is 21.9 Å². The Hall–Kier alpha value is -1.83. The van der Waals surface area contributed by atoms with Crippen molar-refractivity contribution in [2.45, 2.75) is 13.5 Å². The second-order valence-corrected chi connectivity index (χ2v) is 3.44. The Morgan fingerprint density at radius 3 is 3.00 bits per heavy atom. The maximum atomic E-state index is 10.7. The molecule has 0 saturated heterocycles. The molecule has 7 nitrogen and oxygen atoms in total. The molecule has 1 N–H and O–H groups in total. The molecule has 2 aromatic heterocycles. The van der Waals surface area contributed by atoms with E-state index in [-0.39, 0.29) is 5.69 Å². The van der Waals surface area contributed by atoms with Crippen LogP contribution in [-0.4, -0.2) is 34.8 Å². The Kier molecular flexibility index (Phi) is 2.42. The first kappa shape index (κ1) is 9.71. The number of carboxylic acids is 1. The number of nitrogens with zero attached hydrogens (tertiary/aromatic N) is 5. The first-order valence-corrected chi connectivity index (χ1v) is 4.81. The summed E-state index contributed by atoms with van der Waals surface area (Å²) in [4.78, 5) is 10.7. The molecule has 78 valence electrons. The number of hydrogen-bond acceptors (Lipinski definition) is 6. The Labute approximate surface area is 88.7 Å². The van der Waals surface area contributed by atoms with E-state index in [0.717, 1.165) is 17.4 Å². The van der Waals surface area contributed by atoms with Crippen LogP contribution in [0.5, 0.6) is 0 Å². The standard InChI is InChI=1S/C7H7N5O2S/c1-4-6(7(13)14)9-11-12(4)3-5-2-8-15-10-5/h2H,3H2,1H3,(H,13,14). The largest absolute Gasteiger partial charge is 0.476 e. The molecular formula is C7H7N5O2S. The van der Waals surface area contributed by atoms with Gasteiger partial charge in [0.05, 0.1) is 35.9 Å². The molecule has 0 fully saturated rings. The number of rotatable bonds is 3. The van der Waals surface area contributed by atoms with Gasteiger partial charge in [-0.3, -0.25) is 0 Å². The van der Waals surface area contributed by atoms with Gasteiger partial charge in [0, 0.05) is 0 Å². The number of aromatic nitrogens is 5. The van der Waals surface area contributed by atoms with Crippen LogP contribution >= 0.6 is 11.7 Å². The molecule has 0 aliphatic rings. The lowest BCUT2D eigenvalue weighted by atomic mass is 10.3. The van der Waals surface area contributed by atoms with Gasteiger partial charge in [-0.05, 0) is 6.92 Å². The van der Waals surface area contributed by atoms with Gasteiger partial charge in [-0.15, -0.1) is 5.10 Å². The van der Waals surface area contributed by atoms with Crippen molar-refractivity contribution < 1.29 is 9.90 Å². The van der Waals surface area contributed by atoms with Crippen molar-refractivity contribution in [1.29, 1.82) is 0 Å². The lowest BCUT2D eigenvalue weighted by molar-refractivity contribution is 0.0689.